The molecule has 1 saturated heterocycles. The van der Waals surface area contributed by atoms with E-state index in [2.05, 4.69) is 48.0 Å². The number of nitrogens with zero attached hydrogens (tertiary/aromatic N) is 6. The lowest BCUT2D eigenvalue weighted by molar-refractivity contribution is 0.0700. The summed E-state index contributed by atoms with van der Waals surface area (Å²) in [6.45, 7) is 9.59. The van der Waals surface area contributed by atoms with Gasteiger partial charge < -0.3 is 20.2 Å². The number of hydrogen-bond acceptors (Lipinski definition) is 7. The first-order valence-electron chi connectivity index (χ1n) is 11.4. The van der Waals surface area contributed by atoms with E-state index in [0.717, 1.165) is 10.4 Å². The minimum Gasteiger partial charge on any atom is -0.465 e. The molecule has 0 aliphatic carbocycles. The van der Waals surface area contributed by atoms with Gasteiger partial charge >= 0.3 is 6.09 Å². The SMILES string of the molecule is C[C@@H](N(C)c1cc(C(=O)N2CCC(NC(=O)O)CC2)nc(-c2cnn3ccsc23)n1)C(C)(C)C. The van der Waals surface area contributed by atoms with Crippen molar-refractivity contribution < 1.29 is 14.7 Å². The van der Waals surface area contributed by atoms with E-state index in [1.165, 1.54) is 0 Å². The second-order valence-electron chi connectivity index (χ2n) is 9.81. The molecule has 1 aliphatic rings. The van der Waals surface area contributed by atoms with E-state index in [1.807, 2.05) is 18.6 Å². The summed E-state index contributed by atoms with van der Waals surface area (Å²) in [6.07, 6.45) is 3.72. The molecule has 0 saturated carbocycles. The molecule has 2 amide bonds. The Morgan fingerprint density at radius 2 is 1.97 bits per heavy atom. The summed E-state index contributed by atoms with van der Waals surface area (Å²) in [6, 6.07) is 1.77. The highest BCUT2D eigenvalue weighted by atomic mass is 32.1. The second kappa shape index (κ2) is 9.21. The zero-order valence-electron chi connectivity index (χ0n) is 20.1. The zero-order valence-corrected chi connectivity index (χ0v) is 21.0. The molecule has 4 rings (SSSR count). The Labute approximate surface area is 202 Å². The van der Waals surface area contributed by atoms with Crippen molar-refractivity contribution in [2.75, 3.05) is 25.0 Å². The number of nitrogens with one attached hydrogen (secondary N) is 1. The molecular weight excluding hydrogens is 454 g/mol. The molecule has 3 aromatic rings. The zero-order chi connectivity index (χ0) is 24.6. The van der Waals surface area contributed by atoms with Gasteiger partial charge in [-0.05, 0) is 25.2 Å². The lowest BCUT2D eigenvalue weighted by atomic mass is 9.87. The second-order valence-corrected chi connectivity index (χ2v) is 10.7. The van der Waals surface area contributed by atoms with E-state index in [9.17, 15) is 9.59 Å². The highest BCUT2D eigenvalue weighted by Gasteiger charge is 2.29. The Bertz CT molecular complexity index is 1190. The van der Waals surface area contributed by atoms with Gasteiger partial charge in [0.2, 0.25) is 0 Å². The Hall–Kier alpha value is -3.21. The van der Waals surface area contributed by atoms with Gasteiger partial charge in [0.25, 0.3) is 5.91 Å². The Balaban J connectivity index is 1.68. The predicted molar refractivity (Wildman–Crippen MR) is 132 cm³/mol. The predicted octanol–water partition coefficient (Wildman–Crippen LogP) is 3.60. The average molecular weight is 486 g/mol. The fraction of sp³-hybridized carbons (Fsp3) is 0.522. The van der Waals surface area contributed by atoms with Crippen molar-refractivity contribution >= 4 is 34.0 Å². The van der Waals surface area contributed by atoms with E-state index in [0.29, 0.717) is 43.3 Å². The number of rotatable bonds is 5. The van der Waals surface area contributed by atoms with Crippen molar-refractivity contribution in [2.24, 2.45) is 5.41 Å². The largest absolute Gasteiger partial charge is 0.465 e. The number of amides is 2. The molecule has 0 radical (unpaired) electrons. The lowest BCUT2D eigenvalue weighted by Crippen LogP contribution is -2.46. The smallest absolute Gasteiger partial charge is 0.404 e. The van der Waals surface area contributed by atoms with Gasteiger partial charge in [0.1, 0.15) is 16.3 Å². The molecule has 0 aromatic carbocycles. The normalized spacial score (nSPS) is 16.0. The quantitative estimate of drug-likeness (QED) is 0.567. The Kier molecular flexibility index (Phi) is 6.48. The summed E-state index contributed by atoms with van der Waals surface area (Å²) in [7, 11) is 1.98. The van der Waals surface area contributed by atoms with Crippen LogP contribution < -0.4 is 10.2 Å². The van der Waals surface area contributed by atoms with Crippen LogP contribution in [0, 0.1) is 5.41 Å². The van der Waals surface area contributed by atoms with Crippen molar-refractivity contribution in [3.05, 3.63) is 29.5 Å². The molecule has 10 nitrogen and oxygen atoms in total. The van der Waals surface area contributed by atoms with Gasteiger partial charge in [-0.1, -0.05) is 20.8 Å². The van der Waals surface area contributed by atoms with Gasteiger partial charge in [-0.3, -0.25) is 4.79 Å². The molecule has 4 heterocycles. The van der Waals surface area contributed by atoms with E-state index in [4.69, 9.17) is 10.1 Å². The molecule has 0 unspecified atom stereocenters. The molecule has 182 valence electrons. The van der Waals surface area contributed by atoms with Crippen LogP contribution >= 0.6 is 11.3 Å². The number of carbonyl (C=O) groups excluding carboxylic acids is 1. The van der Waals surface area contributed by atoms with Crippen molar-refractivity contribution in [3.63, 3.8) is 0 Å². The van der Waals surface area contributed by atoms with Crippen LogP contribution in [-0.4, -0.2) is 73.8 Å². The lowest BCUT2D eigenvalue weighted by Gasteiger charge is -2.36. The fourth-order valence-corrected chi connectivity index (χ4v) is 4.86. The molecule has 11 heteroatoms. The summed E-state index contributed by atoms with van der Waals surface area (Å²) < 4.78 is 1.78. The molecule has 1 atom stereocenters. The number of carbonyl (C=O) groups is 2. The van der Waals surface area contributed by atoms with Gasteiger partial charge in [-0.25, -0.2) is 19.3 Å². The van der Waals surface area contributed by atoms with Crippen LogP contribution in [0.5, 0.6) is 0 Å². The number of thiazole rings is 1. The maximum absolute atomic E-state index is 13.5. The summed E-state index contributed by atoms with van der Waals surface area (Å²) >= 11 is 1.54. The molecule has 0 bridgehead atoms. The van der Waals surface area contributed by atoms with E-state index in [-0.39, 0.29) is 23.4 Å². The maximum Gasteiger partial charge on any atom is 0.404 e. The van der Waals surface area contributed by atoms with Crippen LogP contribution in [0.1, 0.15) is 51.0 Å². The molecule has 2 N–H and O–H groups in total. The summed E-state index contributed by atoms with van der Waals surface area (Å²) in [5.41, 5.74) is 1.11. The van der Waals surface area contributed by atoms with E-state index in [1.54, 1.807) is 33.0 Å². The van der Waals surface area contributed by atoms with Gasteiger partial charge in [-0.2, -0.15) is 5.10 Å². The number of fused-ring (bicyclic) bond motifs is 1. The summed E-state index contributed by atoms with van der Waals surface area (Å²) in [5.74, 6) is 0.966. The number of carboxylic acid groups (broad SMARTS) is 1. The van der Waals surface area contributed by atoms with Crippen LogP contribution in [0.15, 0.2) is 23.8 Å². The molecule has 1 fully saturated rings. The summed E-state index contributed by atoms with van der Waals surface area (Å²) in [4.78, 5) is 38.6. The van der Waals surface area contributed by atoms with E-state index >= 15 is 0 Å². The number of likely N-dealkylation sites (tertiary alicyclic amines) is 1. The molecule has 0 spiro atoms. The van der Waals surface area contributed by atoms with Crippen LogP contribution in [0.25, 0.3) is 16.2 Å². The van der Waals surface area contributed by atoms with Crippen LogP contribution in [0.3, 0.4) is 0 Å². The van der Waals surface area contributed by atoms with Gasteiger partial charge in [0.15, 0.2) is 5.82 Å². The Morgan fingerprint density at radius 3 is 2.62 bits per heavy atom. The molecule has 1 aliphatic heterocycles. The first-order valence-corrected chi connectivity index (χ1v) is 12.2. The minimum atomic E-state index is -1.04. The summed E-state index contributed by atoms with van der Waals surface area (Å²) in [5, 5.41) is 17.8. The third-order valence-electron chi connectivity index (χ3n) is 6.61. The maximum atomic E-state index is 13.5. The number of anilines is 1. The number of hydrogen-bond donors (Lipinski definition) is 2. The first kappa shape index (κ1) is 23.9. The highest BCUT2D eigenvalue weighted by Crippen LogP contribution is 2.30. The standard InChI is InChI=1S/C23H31N7O3S/c1-14(23(2,3)4)28(5)18-12-17(20(31)29-8-6-15(7-9-29)25-22(32)33)26-19(27-18)16-13-24-30-10-11-34-21(16)30/h10-15,25H,6-9H2,1-5H3,(H,32,33)/t14-/m1/s1. The average Bonchev–Trinajstić information content (AvgIpc) is 3.41. The van der Waals surface area contributed by atoms with Crippen molar-refractivity contribution in [1.29, 1.82) is 0 Å². The van der Waals surface area contributed by atoms with Crippen molar-refractivity contribution in [1.82, 2.24) is 29.8 Å². The van der Waals surface area contributed by atoms with Crippen molar-refractivity contribution in [3.8, 4) is 11.4 Å². The van der Waals surface area contributed by atoms with E-state index < -0.39 is 6.09 Å². The molecule has 3 aromatic heterocycles. The van der Waals surface area contributed by atoms with Crippen LogP contribution in [0.4, 0.5) is 10.6 Å². The number of piperidine rings is 1. The van der Waals surface area contributed by atoms with Gasteiger partial charge in [-0.15, -0.1) is 11.3 Å². The molecule has 34 heavy (non-hydrogen) atoms. The third kappa shape index (κ3) is 4.84. The Morgan fingerprint density at radius 1 is 1.26 bits per heavy atom. The van der Waals surface area contributed by atoms with Gasteiger partial charge in [0.05, 0.1) is 11.8 Å². The topological polar surface area (TPSA) is 116 Å². The number of aromatic nitrogens is 4. The minimum absolute atomic E-state index is 0.00178. The van der Waals surface area contributed by atoms with Crippen LogP contribution in [0.2, 0.25) is 0 Å². The molecular formula is C23H31N7O3S. The fourth-order valence-electron chi connectivity index (χ4n) is 4.07. The van der Waals surface area contributed by atoms with Crippen LogP contribution in [-0.2, 0) is 0 Å². The first-order chi connectivity index (χ1) is 16.0. The monoisotopic (exact) mass is 485 g/mol. The van der Waals surface area contributed by atoms with Crippen molar-refractivity contribution in [2.45, 2.75) is 52.6 Å². The van der Waals surface area contributed by atoms with Gasteiger partial charge in [0, 0.05) is 49.9 Å². The highest BCUT2D eigenvalue weighted by molar-refractivity contribution is 7.16. The third-order valence-corrected chi connectivity index (χ3v) is 7.50.